The topological polar surface area (TPSA) is 69.7 Å². The van der Waals surface area contributed by atoms with Crippen molar-refractivity contribution in [2.45, 2.75) is 11.7 Å². The standard InChI is InChI=1S/C20H13FO5/c1-25-19(24)15-10-16(11-5-4-6-12(21)9-11)26-20(15)17(22)13-7-2-3-8-14(13)18(20)23/h2-10,16H,1H3. The number of esters is 1. The van der Waals surface area contributed by atoms with E-state index in [2.05, 4.69) is 0 Å². The van der Waals surface area contributed by atoms with Crippen LogP contribution in [0.2, 0.25) is 0 Å². The van der Waals surface area contributed by atoms with Gasteiger partial charge in [-0.1, -0.05) is 36.4 Å². The summed E-state index contributed by atoms with van der Waals surface area (Å²) in [6.45, 7) is 0. The fourth-order valence-electron chi connectivity index (χ4n) is 3.44. The molecule has 0 radical (unpaired) electrons. The zero-order valence-electron chi connectivity index (χ0n) is 13.7. The van der Waals surface area contributed by atoms with Gasteiger partial charge in [0.2, 0.25) is 17.2 Å². The smallest absolute Gasteiger partial charge is 0.337 e. The van der Waals surface area contributed by atoms with E-state index >= 15 is 0 Å². The molecule has 0 N–H and O–H groups in total. The van der Waals surface area contributed by atoms with Crippen LogP contribution in [0.25, 0.3) is 0 Å². The Hall–Kier alpha value is -3.12. The molecule has 2 aromatic rings. The van der Waals surface area contributed by atoms with Crippen LogP contribution in [0.3, 0.4) is 0 Å². The maximum atomic E-state index is 13.6. The normalized spacial score (nSPS) is 20.2. The van der Waals surface area contributed by atoms with Crippen LogP contribution in [0, 0.1) is 5.82 Å². The highest BCUT2D eigenvalue weighted by Crippen LogP contribution is 2.47. The number of hydrogen-bond donors (Lipinski definition) is 0. The Labute approximate surface area is 148 Å². The van der Waals surface area contributed by atoms with Gasteiger partial charge in [0.1, 0.15) is 11.9 Å². The summed E-state index contributed by atoms with van der Waals surface area (Å²) in [6.07, 6.45) is 0.421. The van der Waals surface area contributed by atoms with E-state index in [1.165, 1.54) is 36.4 Å². The highest BCUT2D eigenvalue weighted by Gasteiger charge is 2.62. The average molecular weight is 352 g/mol. The number of halogens is 1. The highest BCUT2D eigenvalue weighted by molar-refractivity contribution is 6.36. The molecule has 2 aliphatic rings. The molecule has 26 heavy (non-hydrogen) atoms. The molecule has 5 nitrogen and oxygen atoms in total. The third kappa shape index (κ3) is 2.09. The number of ketones is 2. The monoisotopic (exact) mass is 352 g/mol. The quantitative estimate of drug-likeness (QED) is 0.614. The molecule has 0 amide bonds. The predicted octanol–water partition coefficient (Wildman–Crippen LogP) is 2.81. The Kier molecular flexibility index (Phi) is 3.59. The lowest BCUT2D eigenvalue weighted by molar-refractivity contribution is -0.137. The van der Waals surface area contributed by atoms with E-state index < -0.39 is 35.1 Å². The van der Waals surface area contributed by atoms with Crippen molar-refractivity contribution in [2.75, 3.05) is 7.11 Å². The van der Waals surface area contributed by atoms with Crippen LogP contribution in [0.1, 0.15) is 32.4 Å². The molecule has 0 saturated carbocycles. The lowest BCUT2D eigenvalue weighted by Gasteiger charge is -2.24. The lowest BCUT2D eigenvalue weighted by Crippen LogP contribution is -2.46. The van der Waals surface area contributed by atoms with E-state index in [0.29, 0.717) is 5.56 Å². The van der Waals surface area contributed by atoms with Crippen molar-refractivity contribution in [1.82, 2.24) is 0 Å². The average Bonchev–Trinajstić information content (AvgIpc) is 3.16. The first kappa shape index (κ1) is 16.4. The fourth-order valence-corrected chi connectivity index (χ4v) is 3.44. The second-order valence-electron chi connectivity index (χ2n) is 6.05. The number of hydrogen-bond acceptors (Lipinski definition) is 5. The van der Waals surface area contributed by atoms with Gasteiger partial charge in [0.05, 0.1) is 12.7 Å². The van der Waals surface area contributed by atoms with Crippen LogP contribution in [0.5, 0.6) is 0 Å². The van der Waals surface area contributed by atoms with E-state index in [4.69, 9.17) is 9.47 Å². The molecule has 0 saturated heterocycles. The number of Topliss-reactive ketones (excluding diaryl/α,β-unsaturated/α-hetero) is 2. The van der Waals surface area contributed by atoms with Crippen LogP contribution in [0.4, 0.5) is 4.39 Å². The van der Waals surface area contributed by atoms with Crippen molar-refractivity contribution in [3.05, 3.63) is 82.7 Å². The Bertz CT molecular complexity index is 956. The second kappa shape index (κ2) is 5.71. The Morgan fingerprint density at radius 1 is 1.08 bits per heavy atom. The first-order valence-electron chi connectivity index (χ1n) is 7.91. The van der Waals surface area contributed by atoms with Crippen LogP contribution in [-0.2, 0) is 14.3 Å². The van der Waals surface area contributed by atoms with Gasteiger partial charge in [0, 0.05) is 11.1 Å². The largest absolute Gasteiger partial charge is 0.466 e. The van der Waals surface area contributed by atoms with Crippen molar-refractivity contribution in [3.63, 3.8) is 0 Å². The van der Waals surface area contributed by atoms with Crippen molar-refractivity contribution >= 4 is 17.5 Å². The summed E-state index contributed by atoms with van der Waals surface area (Å²) in [5.41, 5.74) is -1.51. The first-order chi connectivity index (χ1) is 12.5. The number of ether oxygens (including phenoxy) is 2. The van der Waals surface area contributed by atoms with E-state index in [1.807, 2.05) is 0 Å². The molecular weight excluding hydrogens is 339 g/mol. The first-order valence-corrected chi connectivity index (χ1v) is 7.91. The minimum Gasteiger partial charge on any atom is -0.466 e. The van der Waals surface area contributed by atoms with E-state index in [-0.39, 0.29) is 16.7 Å². The van der Waals surface area contributed by atoms with E-state index in [0.717, 1.165) is 7.11 Å². The van der Waals surface area contributed by atoms with Crippen molar-refractivity contribution in [1.29, 1.82) is 0 Å². The number of rotatable bonds is 2. The zero-order valence-corrected chi connectivity index (χ0v) is 13.7. The third-order valence-corrected chi connectivity index (χ3v) is 4.64. The minimum absolute atomic E-state index is 0.180. The Balaban J connectivity index is 1.87. The van der Waals surface area contributed by atoms with Crippen LogP contribution in [-0.4, -0.2) is 30.2 Å². The maximum Gasteiger partial charge on any atom is 0.337 e. The van der Waals surface area contributed by atoms with Gasteiger partial charge in [-0.25, -0.2) is 9.18 Å². The van der Waals surface area contributed by atoms with Gasteiger partial charge in [-0.15, -0.1) is 0 Å². The molecule has 2 aromatic carbocycles. The van der Waals surface area contributed by atoms with Crippen molar-refractivity contribution < 1.29 is 28.2 Å². The third-order valence-electron chi connectivity index (χ3n) is 4.64. The van der Waals surface area contributed by atoms with Gasteiger partial charge in [-0.3, -0.25) is 9.59 Å². The van der Waals surface area contributed by atoms with Crippen LogP contribution >= 0.6 is 0 Å². The number of fused-ring (bicyclic) bond motifs is 1. The molecule has 1 spiro atoms. The van der Waals surface area contributed by atoms with Crippen LogP contribution < -0.4 is 0 Å². The van der Waals surface area contributed by atoms with Gasteiger partial charge in [-0.2, -0.15) is 0 Å². The molecule has 1 atom stereocenters. The SMILES string of the molecule is COC(=O)C1=CC(c2cccc(F)c2)OC12C(=O)c1ccccc1C2=O. The molecule has 1 unspecified atom stereocenters. The Morgan fingerprint density at radius 2 is 1.73 bits per heavy atom. The zero-order chi connectivity index (χ0) is 18.5. The summed E-state index contributed by atoms with van der Waals surface area (Å²) >= 11 is 0. The van der Waals surface area contributed by atoms with Gasteiger partial charge < -0.3 is 9.47 Å². The summed E-state index contributed by atoms with van der Waals surface area (Å²) in [6, 6.07) is 11.9. The Morgan fingerprint density at radius 3 is 2.31 bits per heavy atom. The second-order valence-corrected chi connectivity index (χ2v) is 6.05. The summed E-state index contributed by atoms with van der Waals surface area (Å²) < 4.78 is 24.2. The molecule has 0 fully saturated rings. The fraction of sp³-hybridized carbons (Fsp3) is 0.150. The number of benzene rings is 2. The van der Waals surface area contributed by atoms with Gasteiger partial charge in [0.15, 0.2) is 0 Å². The number of carbonyl (C=O) groups excluding carboxylic acids is 3. The van der Waals surface area contributed by atoms with E-state index in [9.17, 15) is 18.8 Å². The summed E-state index contributed by atoms with van der Waals surface area (Å²) in [5, 5.41) is 0. The van der Waals surface area contributed by atoms with Crippen molar-refractivity contribution in [2.24, 2.45) is 0 Å². The number of methoxy groups -OCH3 is 1. The molecular formula is C20H13FO5. The molecule has 0 aromatic heterocycles. The lowest BCUT2D eigenvalue weighted by atomic mass is 9.89. The summed E-state index contributed by atoms with van der Waals surface area (Å²) in [4.78, 5) is 38.4. The van der Waals surface area contributed by atoms with Crippen LogP contribution in [0.15, 0.2) is 60.2 Å². The molecule has 1 heterocycles. The molecule has 0 bridgehead atoms. The highest BCUT2D eigenvalue weighted by atomic mass is 19.1. The van der Waals surface area contributed by atoms with Gasteiger partial charge in [-0.05, 0) is 23.8 Å². The summed E-state index contributed by atoms with van der Waals surface area (Å²) in [7, 11) is 1.16. The number of carbonyl (C=O) groups is 3. The molecule has 4 rings (SSSR count). The predicted molar refractivity (Wildman–Crippen MR) is 88.2 cm³/mol. The molecule has 6 heteroatoms. The molecule has 130 valence electrons. The maximum absolute atomic E-state index is 13.6. The molecule has 1 aliphatic heterocycles. The van der Waals surface area contributed by atoms with Crippen molar-refractivity contribution in [3.8, 4) is 0 Å². The van der Waals surface area contributed by atoms with Gasteiger partial charge in [0.25, 0.3) is 0 Å². The van der Waals surface area contributed by atoms with Gasteiger partial charge >= 0.3 is 5.97 Å². The summed E-state index contributed by atoms with van der Waals surface area (Å²) in [5.74, 6) is -2.56. The minimum atomic E-state index is -2.09. The molecule has 1 aliphatic carbocycles. The van der Waals surface area contributed by atoms with E-state index in [1.54, 1.807) is 18.2 Å².